The summed E-state index contributed by atoms with van der Waals surface area (Å²) in [5.74, 6) is 1.07. The average Bonchev–Trinajstić information content (AvgIpc) is 3.01. The number of hydrogen-bond donors (Lipinski definition) is 0. The number of carbonyl (C=O) groups is 1. The number of aryl methyl sites for hydroxylation is 2. The molecule has 4 nitrogen and oxygen atoms in total. The molecule has 0 unspecified atom stereocenters. The van der Waals surface area contributed by atoms with Crippen LogP contribution < -0.4 is 0 Å². The van der Waals surface area contributed by atoms with Gasteiger partial charge in [0, 0.05) is 47.1 Å². The number of fused-ring (bicyclic) bond motifs is 1. The zero-order valence-electron chi connectivity index (χ0n) is 15.2. The van der Waals surface area contributed by atoms with Crippen molar-refractivity contribution in [2.45, 2.75) is 33.2 Å². The Morgan fingerprint density at radius 3 is 2.62 bits per heavy atom. The fourth-order valence-electron chi connectivity index (χ4n) is 3.66. The van der Waals surface area contributed by atoms with Crippen molar-refractivity contribution >= 4 is 17.2 Å². The van der Waals surface area contributed by atoms with E-state index < -0.39 is 0 Å². The first kappa shape index (κ1) is 16.9. The molecular formula is C21H21N3OS. The van der Waals surface area contributed by atoms with Crippen LogP contribution in [0.15, 0.2) is 42.7 Å². The molecule has 4 rings (SSSR count). The summed E-state index contributed by atoms with van der Waals surface area (Å²) < 4.78 is 0. The lowest BCUT2D eigenvalue weighted by atomic mass is 9.84. The van der Waals surface area contributed by atoms with Gasteiger partial charge in [0.2, 0.25) is 5.91 Å². The summed E-state index contributed by atoms with van der Waals surface area (Å²) in [6, 6.07) is 10.7. The van der Waals surface area contributed by atoms with Gasteiger partial charge in [-0.25, -0.2) is 9.97 Å². The largest absolute Gasteiger partial charge is 0.337 e. The standard InChI is InChI=1S/C21H21N3OS/c1-13-8-19-20(11-24(15(3)25)12-21(19)26-13)18-7-5-4-6-17(18)16-9-22-14(2)23-10-16/h4-10,20H,11-12H2,1-3H3/t20-/m0/s1. The molecule has 0 saturated heterocycles. The van der Waals surface area contributed by atoms with Crippen LogP contribution in [-0.2, 0) is 11.3 Å². The predicted octanol–water partition coefficient (Wildman–Crippen LogP) is 4.32. The lowest BCUT2D eigenvalue weighted by molar-refractivity contribution is -0.129. The van der Waals surface area contributed by atoms with Crippen molar-refractivity contribution in [3.63, 3.8) is 0 Å². The third-order valence-electron chi connectivity index (χ3n) is 4.95. The van der Waals surface area contributed by atoms with Crippen molar-refractivity contribution < 1.29 is 4.79 Å². The van der Waals surface area contributed by atoms with Crippen molar-refractivity contribution in [2.24, 2.45) is 0 Å². The summed E-state index contributed by atoms with van der Waals surface area (Å²) in [6.45, 7) is 7.11. The summed E-state index contributed by atoms with van der Waals surface area (Å²) in [5, 5.41) is 0. The van der Waals surface area contributed by atoms with Gasteiger partial charge in [-0.2, -0.15) is 0 Å². The van der Waals surface area contributed by atoms with Crippen LogP contribution in [0.4, 0.5) is 0 Å². The van der Waals surface area contributed by atoms with Gasteiger partial charge >= 0.3 is 0 Å². The summed E-state index contributed by atoms with van der Waals surface area (Å²) in [6.07, 6.45) is 3.76. The minimum atomic E-state index is 0.128. The number of aromatic nitrogens is 2. The van der Waals surface area contributed by atoms with Crippen LogP contribution in [0, 0.1) is 13.8 Å². The van der Waals surface area contributed by atoms with Gasteiger partial charge in [-0.3, -0.25) is 4.79 Å². The number of nitrogens with zero attached hydrogens (tertiary/aromatic N) is 3. The van der Waals surface area contributed by atoms with E-state index in [4.69, 9.17) is 0 Å². The highest BCUT2D eigenvalue weighted by Crippen LogP contribution is 2.41. The van der Waals surface area contributed by atoms with E-state index in [0.717, 1.165) is 23.5 Å². The zero-order chi connectivity index (χ0) is 18.3. The van der Waals surface area contributed by atoms with E-state index in [0.29, 0.717) is 6.54 Å². The minimum absolute atomic E-state index is 0.128. The van der Waals surface area contributed by atoms with E-state index in [1.54, 1.807) is 18.3 Å². The van der Waals surface area contributed by atoms with E-state index in [1.807, 2.05) is 30.3 Å². The van der Waals surface area contributed by atoms with E-state index in [-0.39, 0.29) is 11.8 Å². The Morgan fingerprint density at radius 1 is 1.15 bits per heavy atom. The maximum Gasteiger partial charge on any atom is 0.219 e. The summed E-state index contributed by atoms with van der Waals surface area (Å²) >= 11 is 1.79. The molecule has 0 aliphatic carbocycles. The van der Waals surface area contributed by atoms with Crippen LogP contribution in [0.1, 0.15) is 39.5 Å². The molecule has 0 N–H and O–H groups in total. The lowest BCUT2D eigenvalue weighted by Gasteiger charge is -2.33. The average molecular weight is 363 g/mol. The fourth-order valence-corrected chi connectivity index (χ4v) is 4.77. The molecule has 3 heterocycles. The molecular weight excluding hydrogens is 342 g/mol. The predicted molar refractivity (Wildman–Crippen MR) is 104 cm³/mol. The molecule has 1 aromatic carbocycles. The van der Waals surface area contributed by atoms with Crippen LogP contribution in [0.25, 0.3) is 11.1 Å². The number of amides is 1. The normalized spacial score (nSPS) is 16.4. The van der Waals surface area contributed by atoms with Gasteiger partial charge in [0.15, 0.2) is 0 Å². The molecule has 1 amide bonds. The Bertz CT molecular complexity index is 962. The molecule has 3 aromatic rings. The molecule has 1 atom stereocenters. The first-order chi connectivity index (χ1) is 12.5. The summed E-state index contributed by atoms with van der Waals surface area (Å²) in [5.41, 5.74) is 4.73. The summed E-state index contributed by atoms with van der Waals surface area (Å²) in [7, 11) is 0. The molecule has 26 heavy (non-hydrogen) atoms. The van der Waals surface area contributed by atoms with Crippen molar-refractivity contribution in [3.05, 3.63) is 69.4 Å². The van der Waals surface area contributed by atoms with Crippen molar-refractivity contribution in [1.82, 2.24) is 14.9 Å². The van der Waals surface area contributed by atoms with Gasteiger partial charge in [0.05, 0.1) is 6.54 Å². The second-order valence-corrected chi connectivity index (χ2v) is 8.13. The minimum Gasteiger partial charge on any atom is -0.337 e. The van der Waals surface area contributed by atoms with Crippen LogP contribution >= 0.6 is 11.3 Å². The molecule has 0 radical (unpaired) electrons. The lowest BCUT2D eigenvalue weighted by Crippen LogP contribution is -2.36. The summed E-state index contributed by atoms with van der Waals surface area (Å²) in [4.78, 5) is 25.4. The number of thiophene rings is 1. The SMILES string of the molecule is CC(=O)N1Cc2sc(C)cc2[C@H](c2ccccc2-c2cnc(C)nc2)C1. The molecule has 132 valence electrons. The maximum absolute atomic E-state index is 12.1. The highest BCUT2D eigenvalue weighted by atomic mass is 32.1. The Morgan fingerprint density at radius 2 is 1.88 bits per heavy atom. The van der Waals surface area contributed by atoms with Gasteiger partial charge in [-0.1, -0.05) is 24.3 Å². The molecule has 0 bridgehead atoms. The topological polar surface area (TPSA) is 46.1 Å². The van der Waals surface area contributed by atoms with Crippen LogP contribution in [0.2, 0.25) is 0 Å². The van der Waals surface area contributed by atoms with Crippen LogP contribution in [0.5, 0.6) is 0 Å². The Labute approximate surface area is 157 Å². The highest BCUT2D eigenvalue weighted by Gasteiger charge is 2.31. The Kier molecular flexibility index (Phi) is 4.32. The first-order valence-corrected chi connectivity index (χ1v) is 9.57. The monoisotopic (exact) mass is 363 g/mol. The Hall–Kier alpha value is -2.53. The first-order valence-electron chi connectivity index (χ1n) is 8.75. The van der Waals surface area contributed by atoms with Crippen molar-refractivity contribution in [1.29, 1.82) is 0 Å². The van der Waals surface area contributed by atoms with Crippen LogP contribution in [-0.4, -0.2) is 27.3 Å². The molecule has 2 aromatic heterocycles. The number of carbonyl (C=O) groups excluding carboxylic acids is 1. The van der Waals surface area contributed by atoms with Crippen molar-refractivity contribution in [3.8, 4) is 11.1 Å². The molecule has 1 aliphatic rings. The van der Waals surface area contributed by atoms with E-state index in [1.165, 1.54) is 20.9 Å². The fraction of sp³-hybridized carbons (Fsp3) is 0.286. The number of benzene rings is 1. The quantitative estimate of drug-likeness (QED) is 0.681. The second kappa shape index (κ2) is 6.65. The van der Waals surface area contributed by atoms with E-state index >= 15 is 0 Å². The van der Waals surface area contributed by atoms with E-state index in [9.17, 15) is 4.79 Å². The van der Waals surface area contributed by atoms with Gasteiger partial charge in [-0.15, -0.1) is 11.3 Å². The van der Waals surface area contributed by atoms with Crippen LogP contribution in [0.3, 0.4) is 0 Å². The number of hydrogen-bond acceptors (Lipinski definition) is 4. The highest BCUT2D eigenvalue weighted by molar-refractivity contribution is 7.12. The molecule has 1 aliphatic heterocycles. The molecule has 0 fully saturated rings. The van der Waals surface area contributed by atoms with Crippen molar-refractivity contribution in [2.75, 3.05) is 6.54 Å². The smallest absolute Gasteiger partial charge is 0.219 e. The van der Waals surface area contributed by atoms with E-state index in [2.05, 4.69) is 41.2 Å². The number of rotatable bonds is 2. The maximum atomic E-state index is 12.1. The van der Waals surface area contributed by atoms with Gasteiger partial charge < -0.3 is 4.90 Å². The zero-order valence-corrected chi connectivity index (χ0v) is 16.0. The third kappa shape index (κ3) is 3.03. The van der Waals surface area contributed by atoms with Gasteiger partial charge in [-0.05, 0) is 36.6 Å². The second-order valence-electron chi connectivity index (χ2n) is 6.79. The third-order valence-corrected chi connectivity index (χ3v) is 6.00. The van der Waals surface area contributed by atoms with Gasteiger partial charge in [0.1, 0.15) is 5.82 Å². The molecule has 0 spiro atoms. The van der Waals surface area contributed by atoms with Gasteiger partial charge in [0.25, 0.3) is 0 Å². The Balaban J connectivity index is 1.84. The molecule has 5 heteroatoms. The molecule has 0 saturated carbocycles.